The van der Waals surface area contributed by atoms with Crippen molar-refractivity contribution in [1.29, 1.82) is 0 Å². The Labute approximate surface area is 163 Å². The molecule has 2 rings (SSSR count). The molecular formula is C16H16BrNO5S2. The molecular weight excluding hydrogens is 430 g/mol. The van der Waals surface area contributed by atoms with Crippen LogP contribution < -0.4 is 9.47 Å². The molecule has 0 aromatic heterocycles. The first-order valence-corrected chi connectivity index (χ1v) is 9.27. The summed E-state index contributed by atoms with van der Waals surface area (Å²) >= 11 is 9.84. The van der Waals surface area contributed by atoms with E-state index in [9.17, 15) is 9.59 Å². The second-order valence-corrected chi connectivity index (χ2v) is 7.59. The van der Waals surface area contributed by atoms with Crippen LogP contribution in [0.2, 0.25) is 0 Å². The molecule has 6 nitrogen and oxygen atoms in total. The fraction of sp³-hybridized carbons (Fsp3) is 0.312. The average Bonchev–Trinajstić information content (AvgIpc) is 2.82. The molecule has 0 atom stereocenters. The summed E-state index contributed by atoms with van der Waals surface area (Å²) < 4.78 is 11.7. The van der Waals surface area contributed by atoms with Crippen molar-refractivity contribution in [3.63, 3.8) is 0 Å². The average molecular weight is 446 g/mol. The number of halogens is 1. The summed E-state index contributed by atoms with van der Waals surface area (Å²) in [6.45, 7) is 0.289. The molecule has 0 aliphatic carbocycles. The van der Waals surface area contributed by atoms with Gasteiger partial charge in [-0.25, -0.2) is 0 Å². The summed E-state index contributed by atoms with van der Waals surface area (Å²) in [5.41, 5.74) is 0.709. The maximum absolute atomic E-state index is 12.5. The minimum Gasteiger partial charge on any atom is -0.496 e. The number of ether oxygens (including phenoxy) is 2. The van der Waals surface area contributed by atoms with Crippen molar-refractivity contribution in [2.45, 2.75) is 12.8 Å². The van der Waals surface area contributed by atoms with Crippen molar-refractivity contribution >= 4 is 62.2 Å². The fourth-order valence-electron chi connectivity index (χ4n) is 2.22. The van der Waals surface area contributed by atoms with E-state index in [0.717, 1.165) is 4.47 Å². The van der Waals surface area contributed by atoms with E-state index < -0.39 is 5.97 Å². The molecule has 9 heteroatoms. The zero-order valence-corrected chi connectivity index (χ0v) is 16.8. The highest BCUT2D eigenvalue weighted by molar-refractivity contribution is 9.10. The van der Waals surface area contributed by atoms with Crippen molar-refractivity contribution < 1.29 is 24.2 Å². The van der Waals surface area contributed by atoms with Crippen molar-refractivity contribution in [2.24, 2.45) is 0 Å². The molecule has 1 aromatic rings. The number of benzene rings is 1. The Bertz CT molecular complexity index is 750. The second-order valence-electron chi connectivity index (χ2n) is 5.06. The second kappa shape index (κ2) is 8.68. The van der Waals surface area contributed by atoms with E-state index in [4.69, 9.17) is 26.8 Å². The molecule has 0 unspecified atom stereocenters. The number of carbonyl (C=O) groups excluding carboxylic acids is 1. The Balaban J connectivity index is 2.24. The summed E-state index contributed by atoms with van der Waals surface area (Å²) in [5, 5.41) is 8.71. The molecule has 0 radical (unpaired) electrons. The van der Waals surface area contributed by atoms with E-state index in [0.29, 0.717) is 32.7 Å². The van der Waals surface area contributed by atoms with E-state index in [2.05, 4.69) is 15.9 Å². The Morgan fingerprint density at radius 3 is 2.64 bits per heavy atom. The monoisotopic (exact) mass is 445 g/mol. The van der Waals surface area contributed by atoms with Gasteiger partial charge in [-0.3, -0.25) is 14.5 Å². The molecule has 1 saturated heterocycles. The SMILES string of the molecule is COc1cc(OC)c(C=C2SC(=S)N(CCCC(=O)O)C2=O)cc1Br. The summed E-state index contributed by atoms with van der Waals surface area (Å²) in [7, 11) is 3.10. The van der Waals surface area contributed by atoms with Crippen LogP contribution in [0.1, 0.15) is 18.4 Å². The van der Waals surface area contributed by atoms with Crippen LogP contribution in [-0.2, 0) is 9.59 Å². The maximum Gasteiger partial charge on any atom is 0.303 e. The van der Waals surface area contributed by atoms with Crippen molar-refractivity contribution in [3.8, 4) is 11.5 Å². The minimum atomic E-state index is -0.895. The van der Waals surface area contributed by atoms with E-state index in [1.165, 1.54) is 23.8 Å². The third-order valence-electron chi connectivity index (χ3n) is 3.44. The normalized spacial score (nSPS) is 15.8. The van der Waals surface area contributed by atoms with Gasteiger partial charge in [-0.05, 0) is 34.5 Å². The van der Waals surface area contributed by atoms with Crippen LogP contribution in [0.4, 0.5) is 0 Å². The highest BCUT2D eigenvalue weighted by Crippen LogP contribution is 2.38. The van der Waals surface area contributed by atoms with Crippen LogP contribution >= 0.6 is 39.9 Å². The number of nitrogens with zero attached hydrogens (tertiary/aromatic N) is 1. The number of thioether (sulfide) groups is 1. The Hall–Kier alpha value is -1.58. The van der Waals surface area contributed by atoms with Gasteiger partial charge < -0.3 is 14.6 Å². The molecule has 1 fully saturated rings. The number of carboxylic acids is 1. The van der Waals surface area contributed by atoms with Gasteiger partial charge in [0.25, 0.3) is 5.91 Å². The molecule has 1 aromatic carbocycles. The maximum atomic E-state index is 12.5. The summed E-state index contributed by atoms with van der Waals surface area (Å²) in [6, 6.07) is 3.53. The van der Waals surface area contributed by atoms with Crippen molar-refractivity contribution in [2.75, 3.05) is 20.8 Å². The smallest absolute Gasteiger partial charge is 0.303 e. The molecule has 0 saturated carbocycles. The molecule has 1 heterocycles. The van der Waals surface area contributed by atoms with Gasteiger partial charge in [0.05, 0.1) is 23.6 Å². The van der Waals surface area contributed by atoms with E-state index >= 15 is 0 Å². The number of aliphatic carboxylic acids is 1. The number of methoxy groups -OCH3 is 2. The lowest BCUT2D eigenvalue weighted by atomic mass is 10.1. The van der Waals surface area contributed by atoms with Crippen molar-refractivity contribution in [1.82, 2.24) is 4.90 Å². The quantitative estimate of drug-likeness (QED) is 0.507. The number of thiocarbonyl (C=S) groups is 1. The Morgan fingerprint density at radius 2 is 2.04 bits per heavy atom. The number of carboxylic acid groups (broad SMARTS) is 1. The van der Waals surface area contributed by atoms with E-state index in [1.807, 2.05) is 0 Å². The van der Waals surface area contributed by atoms with Gasteiger partial charge in [0.15, 0.2) is 0 Å². The number of rotatable bonds is 7. The molecule has 1 aliphatic heterocycles. The highest BCUT2D eigenvalue weighted by atomic mass is 79.9. The lowest BCUT2D eigenvalue weighted by molar-refractivity contribution is -0.137. The van der Waals surface area contributed by atoms with Gasteiger partial charge in [0.2, 0.25) is 0 Å². The summed E-state index contributed by atoms with van der Waals surface area (Å²) in [4.78, 5) is 25.0. The number of hydrogen-bond acceptors (Lipinski definition) is 6. The van der Waals surface area contributed by atoms with Gasteiger partial charge in [-0.1, -0.05) is 24.0 Å². The third-order valence-corrected chi connectivity index (χ3v) is 5.43. The Morgan fingerprint density at radius 1 is 1.36 bits per heavy atom. The van der Waals surface area contributed by atoms with Gasteiger partial charge in [-0.2, -0.15) is 0 Å². The standard InChI is InChI=1S/C16H16BrNO5S2/c1-22-11-8-12(23-2)10(17)6-9(11)7-13-15(21)18(16(24)25-13)5-3-4-14(19)20/h6-8H,3-5H2,1-2H3,(H,19,20). The summed E-state index contributed by atoms with van der Waals surface area (Å²) in [5.74, 6) is 0.0644. The molecule has 134 valence electrons. The van der Waals surface area contributed by atoms with E-state index in [-0.39, 0.29) is 18.9 Å². The summed E-state index contributed by atoms with van der Waals surface area (Å²) in [6.07, 6.45) is 2.06. The third kappa shape index (κ3) is 4.74. The number of hydrogen-bond donors (Lipinski definition) is 1. The van der Waals surface area contributed by atoms with Crippen LogP contribution in [0.25, 0.3) is 6.08 Å². The molecule has 1 amide bonds. The first-order valence-electron chi connectivity index (χ1n) is 7.26. The van der Waals surface area contributed by atoms with Crippen LogP contribution in [0.3, 0.4) is 0 Å². The Kier molecular flexibility index (Phi) is 6.86. The minimum absolute atomic E-state index is 0.00461. The van der Waals surface area contributed by atoms with Gasteiger partial charge >= 0.3 is 5.97 Å². The first kappa shape index (κ1) is 19.7. The predicted molar refractivity (Wildman–Crippen MR) is 104 cm³/mol. The topological polar surface area (TPSA) is 76.1 Å². The number of carbonyl (C=O) groups is 2. The zero-order chi connectivity index (χ0) is 18.6. The van der Waals surface area contributed by atoms with Crippen molar-refractivity contribution in [3.05, 3.63) is 27.1 Å². The first-order chi connectivity index (χ1) is 11.9. The number of amides is 1. The van der Waals surface area contributed by atoms with Crippen LogP contribution in [-0.4, -0.2) is 47.0 Å². The molecule has 0 bridgehead atoms. The lowest BCUT2D eigenvalue weighted by Crippen LogP contribution is -2.29. The largest absolute Gasteiger partial charge is 0.496 e. The molecule has 1 aliphatic rings. The molecule has 25 heavy (non-hydrogen) atoms. The zero-order valence-electron chi connectivity index (χ0n) is 13.6. The van der Waals surface area contributed by atoms with E-state index in [1.54, 1.807) is 25.3 Å². The van der Waals surface area contributed by atoms with Crippen LogP contribution in [0.5, 0.6) is 11.5 Å². The van der Waals surface area contributed by atoms with Crippen LogP contribution in [0.15, 0.2) is 21.5 Å². The van der Waals surface area contributed by atoms with Gasteiger partial charge in [0, 0.05) is 24.6 Å². The highest BCUT2D eigenvalue weighted by Gasteiger charge is 2.32. The predicted octanol–water partition coefficient (Wildman–Crippen LogP) is 3.53. The molecule has 1 N–H and O–H groups in total. The fourth-order valence-corrected chi connectivity index (χ4v) is 4.04. The van der Waals surface area contributed by atoms with Gasteiger partial charge in [0.1, 0.15) is 15.8 Å². The van der Waals surface area contributed by atoms with Crippen LogP contribution in [0, 0.1) is 0 Å². The lowest BCUT2D eigenvalue weighted by Gasteiger charge is -2.13. The van der Waals surface area contributed by atoms with Gasteiger partial charge in [-0.15, -0.1) is 0 Å². The molecule has 0 spiro atoms.